The zero-order valence-electron chi connectivity index (χ0n) is 3.33. The highest BCUT2D eigenvalue weighted by atomic mass is 16.6. The van der Waals surface area contributed by atoms with Gasteiger partial charge in [-0.3, -0.25) is 10.1 Å². The Kier molecular flexibility index (Phi) is 1.65. The third-order valence-corrected chi connectivity index (χ3v) is 0.233. The first-order valence-electron chi connectivity index (χ1n) is 1.40. The summed E-state index contributed by atoms with van der Waals surface area (Å²) in [5.74, 6) is -1.04. The Bertz CT molecular complexity index is 104. The molecule has 0 aliphatic rings. The summed E-state index contributed by atoms with van der Waals surface area (Å²) < 4.78 is 0. The monoisotopic (exact) mass is 103 g/mol. The molecule has 0 radical (unpaired) electrons. The van der Waals surface area contributed by atoms with E-state index in [9.17, 15) is 15.2 Å². The van der Waals surface area contributed by atoms with Crippen molar-refractivity contribution >= 4 is 0 Å². The molecule has 5 nitrogen and oxygen atoms in total. The molecule has 0 aromatic heterocycles. The lowest BCUT2D eigenvalue weighted by molar-refractivity contribution is -0.420. The van der Waals surface area contributed by atoms with Crippen molar-refractivity contribution in [1.82, 2.24) is 0 Å². The minimum atomic E-state index is -1.04. The fraction of sp³-hybridized carbons (Fsp3) is 0. The molecule has 5 heteroatoms. The second-order valence-corrected chi connectivity index (χ2v) is 0.817. The van der Waals surface area contributed by atoms with Gasteiger partial charge in [-0.25, -0.2) is 0 Å². The third kappa shape index (κ3) is 4.74. The maximum atomic E-state index is 9.53. The zero-order valence-corrected chi connectivity index (χ0v) is 3.33. The topological polar surface area (TPSA) is 92.2 Å². The van der Waals surface area contributed by atoms with Crippen LogP contribution in [0.4, 0.5) is 0 Å². The van der Waals surface area contributed by atoms with E-state index in [0.717, 1.165) is 0 Å². The summed E-state index contributed by atoms with van der Waals surface area (Å²) in [4.78, 5) is 8.36. The Morgan fingerprint density at radius 3 is 2.29 bits per heavy atom. The molecule has 0 atom stereocenters. The molecule has 0 rings (SSSR count). The average molecular weight is 103 g/mol. The van der Waals surface area contributed by atoms with Gasteiger partial charge in [0.1, 0.15) is 0 Å². The average Bonchev–Trinajstić information content (AvgIpc) is 1.27. The number of nitro groups is 1. The van der Waals surface area contributed by atoms with Crippen LogP contribution in [0.5, 0.6) is 0 Å². The molecule has 0 saturated carbocycles. The molecule has 7 heavy (non-hydrogen) atoms. The molecular weight excluding hydrogens is 100 g/mol. The Morgan fingerprint density at radius 1 is 1.86 bits per heavy atom. The van der Waals surface area contributed by atoms with Crippen LogP contribution in [-0.4, -0.2) is 4.92 Å². The lowest BCUT2D eigenvalue weighted by atomic mass is 10.9. The highest BCUT2D eigenvalue weighted by molar-refractivity contribution is 4.70. The molecule has 0 bridgehead atoms. The summed E-state index contributed by atoms with van der Waals surface area (Å²) >= 11 is 0. The maximum absolute atomic E-state index is 9.53. The van der Waals surface area contributed by atoms with Crippen molar-refractivity contribution < 1.29 is 10.0 Å². The first-order valence-corrected chi connectivity index (χ1v) is 1.40. The first kappa shape index (κ1) is 5.74. The van der Waals surface area contributed by atoms with Gasteiger partial charge < -0.3 is 10.8 Å². The third-order valence-electron chi connectivity index (χ3n) is 0.233. The molecule has 2 N–H and O–H groups in total. The normalized spacial score (nSPS) is 11.1. The van der Waals surface area contributed by atoms with E-state index in [1.54, 1.807) is 0 Å². The van der Waals surface area contributed by atoms with Gasteiger partial charge in [0.2, 0.25) is 6.20 Å². The zero-order chi connectivity index (χ0) is 5.86. The molecule has 0 aromatic rings. The van der Waals surface area contributed by atoms with E-state index in [-0.39, 0.29) is 6.20 Å². The van der Waals surface area contributed by atoms with Gasteiger partial charge >= 0.3 is 0 Å². The van der Waals surface area contributed by atoms with Crippen molar-refractivity contribution in [2.24, 2.45) is 5.73 Å². The molecule has 0 heterocycles. The van der Waals surface area contributed by atoms with Crippen LogP contribution in [0.3, 0.4) is 0 Å². The predicted molar refractivity (Wildman–Crippen MR) is 19.3 cm³/mol. The quantitative estimate of drug-likeness (QED) is 0.245. The molecule has 0 saturated heterocycles. The van der Waals surface area contributed by atoms with E-state index in [4.69, 9.17) is 0 Å². The Hall–Kier alpha value is -1.26. The predicted octanol–water partition coefficient (Wildman–Crippen LogP) is -1.62. The van der Waals surface area contributed by atoms with E-state index in [1.165, 1.54) is 0 Å². The molecule has 0 aliphatic carbocycles. The van der Waals surface area contributed by atoms with Crippen molar-refractivity contribution in [2.45, 2.75) is 0 Å². The summed E-state index contributed by atoms with van der Waals surface area (Å²) in [6.45, 7) is 0. The van der Waals surface area contributed by atoms with Gasteiger partial charge in [0.25, 0.3) is 0 Å². The minimum absolute atomic E-state index is 0.194. The van der Waals surface area contributed by atoms with E-state index in [1.807, 2.05) is 0 Å². The van der Waals surface area contributed by atoms with Crippen LogP contribution in [0, 0.1) is 10.1 Å². The fourth-order valence-corrected chi connectivity index (χ4v) is 0.104. The summed E-state index contributed by atoms with van der Waals surface area (Å²) in [5.41, 5.74) is 4.36. The van der Waals surface area contributed by atoms with E-state index < -0.39 is 10.8 Å². The molecule has 0 fully saturated rings. The van der Waals surface area contributed by atoms with Crippen LogP contribution in [0.25, 0.3) is 0 Å². The molecule has 40 valence electrons. The summed E-state index contributed by atoms with van der Waals surface area (Å²) in [6, 6.07) is 0. The molecule has 0 aliphatic heterocycles. The van der Waals surface area contributed by atoms with Gasteiger partial charge in [-0.2, -0.15) is 0 Å². The first-order chi connectivity index (χ1) is 3.13. The van der Waals surface area contributed by atoms with Crippen LogP contribution >= 0.6 is 0 Å². The fourth-order valence-electron chi connectivity index (χ4n) is 0.104. The molecule has 0 amide bonds. The highest BCUT2D eigenvalue weighted by Crippen LogP contribution is 1.68. The summed E-state index contributed by atoms with van der Waals surface area (Å²) in [7, 11) is 0. The number of rotatable bonds is 1. The molecule has 0 unspecified atom stereocenters. The van der Waals surface area contributed by atoms with Gasteiger partial charge in [-0.1, -0.05) is 0 Å². The van der Waals surface area contributed by atoms with Crippen molar-refractivity contribution in [1.29, 1.82) is 0 Å². The van der Waals surface area contributed by atoms with Crippen molar-refractivity contribution in [2.75, 3.05) is 0 Å². The van der Waals surface area contributed by atoms with Gasteiger partial charge in [0.15, 0.2) is 0 Å². The van der Waals surface area contributed by atoms with Crippen LogP contribution in [0.1, 0.15) is 0 Å². The number of nitrogens with zero attached hydrogens (tertiary/aromatic N) is 1. The van der Waals surface area contributed by atoms with Gasteiger partial charge in [0, 0.05) is 5.88 Å². The Balaban J connectivity index is 3.68. The molecule has 0 aromatic carbocycles. The summed E-state index contributed by atoms with van der Waals surface area (Å²) in [5, 5.41) is 18.8. The van der Waals surface area contributed by atoms with Crippen molar-refractivity contribution in [3.05, 3.63) is 22.2 Å². The SMILES string of the molecule is N/C([O-])=C/[N+](=O)[O-]. The van der Waals surface area contributed by atoms with Crippen molar-refractivity contribution in [3.8, 4) is 0 Å². The maximum Gasteiger partial charge on any atom is 0.242 e. The van der Waals surface area contributed by atoms with Gasteiger partial charge in [0.05, 0.1) is 4.92 Å². The Labute approximate surface area is 39.2 Å². The van der Waals surface area contributed by atoms with E-state index >= 15 is 0 Å². The van der Waals surface area contributed by atoms with Gasteiger partial charge in [-0.15, -0.1) is 0 Å². The minimum Gasteiger partial charge on any atom is -0.856 e. The molecule has 0 spiro atoms. The number of nitrogens with two attached hydrogens (primary N) is 1. The standard InChI is InChI=1S/C2H4N2O3/c3-2(5)1-4(6)7/h1,5H,3H2/p-1/b2-1-. The largest absolute Gasteiger partial charge is 0.856 e. The van der Waals surface area contributed by atoms with E-state index in [0.29, 0.717) is 0 Å². The second-order valence-electron chi connectivity index (χ2n) is 0.817. The number of hydrogen-bond donors (Lipinski definition) is 1. The van der Waals surface area contributed by atoms with Crippen LogP contribution in [-0.2, 0) is 0 Å². The smallest absolute Gasteiger partial charge is 0.242 e. The second kappa shape index (κ2) is 2.01. The highest BCUT2D eigenvalue weighted by Gasteiger charge is 1.79. The van der Waals surface area contributed by atoms with Crippen molar-refractivity contribution in [3.63, 3.8) is 0 Å². The lowest BCUT2D eigenvalue weighted by Gasteiger charge is -1.94. The van der Waals surface area contributed by atoms with Gasteiger partial charge in [-0.05, 0) is 0 Å². The lowest BCUT2D eigenvalue weighted by Crippen LogP contribution is -2.14. The molecular formula is C2H3N2O3-. The van der Waals surface area contributed by atoms with Crippen LogP contribution < -0.4 is 10.8 Å². The van der Waals surface area contributed by atoms with E-state index in [2.05, 4.69) is 5.73 Å². The number of hydrogen-bond acceptors (Lipinski definition) is 4. The van der Waals surface area contributed by atoms with Crippen LogP contribution in [0.2, 0.25) is 0 Å². The van der Waals surface area contributed by atoms with Crippen LogP contribution in [0.15, 0.2) is 12.1 Å². The summed E-state index contributed by atoms with van der Waals surface area (Å²) in [6.07, 6.45) is 0.194. The Morgan fingerprint density at radius 2 is 2.29 bits per heavy atom.